The number of nitrogens with zero attached hydrogens (tertiary/aromatic N) is 3. The molecule has 1 aliphatic heterocycles. The van der Waals surface area contributed by atoms with E-state index < -0.39 is 5.97 Å². The Morgan fingerprint density at radius 2 is 1.78 bits per heavy atom. The maximum atomic E-state index is 14.2. The van der Waals surface area contributed by atoms with E-state index in [0.717, 1.165) is 88.0 Å². The van der Waals surface area contributed by atoms with Gasteiger partial charge in [0.05, 0.1) is 5.69 Å². The predicted octanol–water partition coefficient (Wildman–Crippen LogP) is 7.19. The number of carbonyl (C=O) groups is 1. The predicted molar refractivity (Wildman–Crippen MR) is 159 cm³/mol. The highest BCUT2D eigenvalue weighted by Crippen LogP contribution is 2.47. The molecule has 2 saturated carbocycles. The lowest BCUT2D eigenvalue weighted by atomic mass is 9.87. The lowest BCUT2D eigenvalue weighted by Crippen LogP contribution is -2.37. The minimum Gasteiger partial charge on any atom is -0.478 e. The van der Waals surface area contributed by atoms with E-state index in [-0.39, 0.29) is 11.7 Å². The van der Waals surface area contributed by atoms with Gasteiger partial charge >= 0.3 is 5.97 Å². The van der Waals surface area contributed by atoms with Crippen molar-refractivity contribution in [3.05, 3.63) is 100 Å². The average Bonchev–Trinajstić information content (AvgIpc) is 3.57. The van der Waals surface area contributed by atoms with Crippen LogP contribution in [0.4, 0.5) is 4.39 Å². The molecule has 3 aromatic rings. The van der Waals surface area contributed by atoms with Crippen molar-refractivity contribution in [3.63, 3.8) is 0 Å². The number of hydrogen-bond acceptors (Lipinski definition) is 3. The molecule has 2 heterocycles. The summed E-state index contributed by atoms with van der Waals surface area (Å²) in [6.07, 6.45) is 7.56. The number of rotatable bonds is 10. The van der Waals surface area contributed by atoms with Gasteiger partial charge in [-0.2, -0.15) is 5.10 Å². The maximum Gasteiger partial charge on any atom is 0.331 e. The molecule has 1 N–H and O–H groups in total. The number of aliphatic carboxylic acids is 1. The fourth-order valence-electron chi connectivity index (χ4n) is 7.24. The van der Waals surface area contributed by atoms with Crippen molar-refractivity contribution in [2.45, 2.75) is 76.7 Å². The number of benzene rings is 2. The molecule has 2 aromatic carbocycles. The topological polar surface area (TPSA) is 58.4 Å². The van der Waals surface area contributed by atoms with Gasteiger partial charge in [-0.15, -0.1) is 0 Å². The first kappa shape index (κ1) is 27.9. The lowest BCUT2D eigenvalue weighted by molar-refractivity contribution is -0.132. The molecular weight excluding hydrogens is 513 g/mol. The summed E-state index contributed by atoms with van der Waals surface area (Å²) < 4.78 is 16.4. The SMILES string of the molecule is CCn1nc(Cc2ccccc2)cc1C1CCN(CC2C/C(=C(\CC3CC3)C(=O)O)C[C@@H]2c2cccc(F)c2)CC1. The molecule has 41 heavy (non-hydrogen) atoms. The number of aryl methyl sites for hydroxylation is 1. The maximum absolute atomic E-state index is 14.2. The van der Waals surface area contributed by atoms with E-state index in [1.807, 2.05) is 6.07 Å². The van der Waals surface area contributed by atoms with E-state index in [1.54, 1.807) is 12.1 Å². The third-order valence-electron chi connectivity index (χ3n) is 9.58. The van der Waals surface area contributed by atoms with Crippen molar-refractivity contribution in [2.75, 3.05) is 19.6 Å². The Bertz CT molecular complexity index is 1390. The molecule has 0 amide bonds. The van der Waals surface area contributed by atoms with Gasteiger partial charge in [0, 0.05) is 36.7 Å². The number of allylic oxidation sites excluding steroid dienone is 1. The molecule has 6 rings (SSSR count). The molecule has 1 aromatic heterocycles. The van der Waals surface area contributed by atoms with E-state index in [9.17, 15) is 14.3 Å². The largest absolute Gasteiger partial charge is 0.478 e. The molecular formula is C35H42FN3O2. The standard InChI is InChI=1S/C35H42FN3O2/c1-2-39-34(22-31(37-39)17-24-7-4-3-5-8-24)26-13-15-38(16-14-26)23-29-19-28(33(35(40)41)18-25-11-12-25)21-32(29)27-9-6-10-30(36)20-27/h3-10,20,22,25-26,29,32H,2,11-19,21,23H2,1H3,(H,40,41)/b33-28-/t29?,32-/m1/s1. The summed E-state index contributed by atoms with van der Waals surface area (Å²) in [7, 11) is 0. The van der Waals surface area contributed by atoms with Crippen molar-refractivity contribution < 1.29 is 14.3 Å². The van der Waals surface area contributed by atoms with Gasteiger partial charge < -0.3 is 10.0 Å². The van der Waals surface area contributed by atoms with Gasteiger partial charge in [0.25, 0.3) is 0 Å². The molecule has 5 nitrogen and oxygen atoms in total. The summed E-state index contributed by atoms with van der Waals surface area (Å²) in [4.78, 5) is 14.8. The van der Waals surface area contributed by atoms with E-state index in [0.29, 0.717) is 29.7 Å². The van der Waals surface area contributed by atoms with Crippen LogP contribution in [0.25, 0.3) is 0 Å². The van der Waals surface area contributed by atoms with Crippen LogP contribution < -0.4 is 0 Å². The fourth-order valence-corrected chi connectivity index (χ4v) is 7.24. The Morgan fingerprint density at radius 3 is 2.46 bits per heavy atom. The molecule has 3 fully saturated rings. The molecule has 216 valence electrons. The second kappa shape index (κ2) is 12.3. The minimum atomic E-state index is -0.759. The number of piperidine rings is 1. The molecule has 0 spiro atoms. The molecule has 6 heteroatoms. The first-order chi connectivity index (χ1) is 20.0. The number of hydrogen-bond donors (Lipinski definition) is 1. The first-order valence-corrected chi connectivity index (χ1v) is 15.5. The smallest absolute Gasteiger partial charge is 0.331 e. The molecule has 2 aliphatic carbocycles. The summed E-state index contributed by atoms with van der Waals surface area (Å²) in [6, 6.07) is 19.8. The average molecular weight is 556 g/mol. The first-order valence-electron chi connectivity index (χ1n) is 15.5. The Morgan fingerprint density at radius 1 is 1.00 bits per heavy atom. The summed E-state index contributed by atoms with van der Waals surface area (Å²) in [5.74, 6) is 0.521. The highest BCUT2D eigenvalue weighted by atomic mass is 19.1. The Balaban J connectivity index is 1.14. The highest BCUT2D eigenvalue weighted by molar-refractivity contribution is 5.87. The van der Waals surface area contributed by atoms with E-state index in [2.05, 4.69) is 52.9 Å². The molecule has 1 saturated heterocycles. The molecule has 0 radical (unpaired) electrons. The summed E-state index contributed by atoms with van der Waals surface area (Å²) in [5, 5.41) is 15.0. The Labute approximate surface area is 243 Å². The molecule has 1 unspecified atom stereocenters. The van der Waals surface area contributed by atoms with Crippen LogP contribution in [0.3, 0.4) is 0 Å². The van der Waals surface area contributed by atoms with Crippen LogP contribution in [0.5, 0.6) is 0 Å². The Hall–Kier alpha value is -3.25. The quantitative estimate of drug-likeness (QED) is 0.269. The second-order valence-corrected chi connectivity index (χ2v) is 12.5. The summed E-state index contributed by atoms with van der Waals surface area (Å²) >= 11 is 0. The Kier molecular flexibility index (Phi) is 8.38. The van der Waals surface area contributed by atoms with Crippen molar-refractivity contribution in [3.8, 4) is 0 Å². The van der Waals surface area contributed by atoms with E-state index >= 15 is 0 Å². The molecule has 0 bridgehead atoms. The third-order valence-corrected chi connectivity index (χ3v) is 9.58. The van der Waals surface area contributed by atoms with Gasteiger partial charge in [-0.1, -0.05) is 48.0 Å². The van der Waals surface area contributed by atoms with E-state index in [4.69, 9.17) is 5.10 Å². The van der Waals surface area contributed by atoms with Gasteiger partial charge in [-0.05, 0) is 112 Å². The zero-order chi connectivity index (χ0) is 28.3. The van der Waals surface area contributed by atoms with Crippen molar-refractivity contribution in [1.29, 1.82) is 0 Å². The van der Waals surface area contributed by atoms with Gasteiger partial charge in [0.2, 0.25) is 0 Å². The van der Waals surface area contributed by atoms with Crippen molar-refractivity contribution in [2.24, 2.45) is 11.8 Å². The number of carboxylic acid groups (broad SMARTS) is 1. The molecule has 3 aliphatic rings. The number of aromatic nitrogens is 2. The van der Waals surface area contributed by atoms with Gasteiger partial charge in [-0.25, -0.2) is 9.18 Å². The van der Waals surface area contributed by atoms with E-state index in [1.165, 1.54) is 17.3 Å². The third kappa shape index (κ3) is 6.64. The van der Waals surface area contributed by atoms with Crippen LogP contribution in [0.15, 0.2) is 71.8 Å². The van der Waals surface area contributed by atoms with Crippen molar-refractivity contribution in [1.82, 2.24) is 14.7 Å². The summed E-state index contributed by atoms with van der Waals surface area (Å²) in [5.41, 5.74) is 6.52. The highest BCUT2D eigenvalue weighted by Gasteiger charge is 2.37. The summed E-state index contributed by atoms with van der Waals surface area (Å²) in [6.45, 7) is 6.02. The van der Waals surface area contributed by atoms with Crippen LogP contribution in [0.1, 0.15) is 86.2 Å². The van der Waals surface area contributed by atoms with Crippen LogP contribution in [0.2, 0.25) is 0 Å². The van der Waals surface area contributed by atoms with Crippen LogP contribution in [-0.4, -0.2) is 45.4 Å². The zero-order valence-corrected chi connectivity index (χ0v) is 24.1. The van der Waals surface area contributed by atoms with Crippen LogP contribution >= 0.6 is 0 Å². The zero-order valence-electron chi connectivity index (χ0n) is 24.1. The molecule has 2 atom stereocenters. The number of halogens is 1. The van der Waals surface area contributed by atoms with Gasteiger partial charge in [0.1, 0.15) is 5.82 Å². The van der Waals surface area contributed by atoms with Gasteiger partial charge in [-0.3, -0.25) is 4.68 Å². The minimum absolute atomic E-state index is 0.161. The van der Waals surface area contributed by atoms with Gasteiger partial charge in [0.15, 0.2) is 0 Å². The lowest BCUT2D eigenvalue weighted by Gasteiger charge is -2.35. The van der Waals surface area contributed by atoms with Crippen molar-refractivity contribution >= 4 is 5.97 Å². The van der Waals surface area contributed by atoms with Crippen LogP contribution in [-0.2, 0) is 17.8 Å². The fraction of sp³-hybridized carbons (Fsp3) is 0.486. The number of likely N-dealkylation sites (tertiary alicyclic amines) is 1. The monoisotopic (exact) mass is 555 g/mol. The normalized spacial score (nSPS) is 23.2. The second-order valence-electron chi connectivity index (χ2n) is 12.5. The number of carboxylic acids is 1. The van der Waals surface area contributed by atoms with Crippen LogP contribution in [0, 0.1) is 17.7 Å².